The van der Waals surface area contributed by atoms with Crippen molar-refractivity contribution in [3.8, 4) is 0 Å². The Morgan fingerprint density at radius 3 is 2.45 bits per heavy atom. The topological polar surface area (TPSA) is 216 Å². The van der Waals surface area contributed by atoms with E-state index in [9.17, 15) is 22.8 Å². The molecule has 14 nitrogen and oxygen atoms in total. The zero-order valence-corrected chi connectivity index (χ0v) is 19.9. The standard InChI is InChI=1S/C19H25N9O3.C2HF3O2/c20-12-3-1-2-4-13(12)24-19-22-9-11-5-6-15(28(11)26-19)18(31)23-14-10-27(7-8-29)25-16(14)17(21)30;3-2(4,5)1(6)7/h5-6,9-10,12-13,29H,1-4,7-8,20H2,(H2,21,30)(H,23,31)(H,24,26);(H,6,7). The molecule has 0 saturated heterocycles. The number of fused-ring (bicyclic) bond motifs is 1. The Hall–Kier alpha value is -4.25. The van der Waals surface area contributed by atoms with Gasteiger partial charge in [0.05, 0.1) is 30.6 Å². The van der Waals surface area contributed by atoms with Crippen LogP contribution in [0.25, 0.3) is 5.52 Å². The van der Waals surface area contributed by atoms with E-state index in [0.29, 0.717) is 11.5 Å². The van der Waals surface area contributed by atoms with Gasteiger partial charge in [-0.25, -0.2) is 14.3 Å². The maximum Gasteiger partial charge on any atom is 0.490 e. The van der Waals surface area contributed by atoms with Crippen LogP contribution in [0.4, 0.5) is 24.8 Å². The smallest absolute Gasteiger partial charge is 0.475 e. The number of aromatic nitrogens is 5. The van der Waals surface area contributed by atoms with Gasteiger partial charge in [-0.2, -0.15) is 18.3 Å². The lowest BCUT2D eigenvalue weighted by Crippen LogP contribution is -2.43. The van der Waals surface area contributed by atoms with Crippen molar-refractivity contribution in [2.75, 3.05) is 17.2 Å². The van der Waals surface area contributed by atoms with Gasteiger partial charge >= 0.3 is 12.1 Å². The summed E-state index contributed by atoms with van der Waals surface area (Å²) in [7, 11) is 0. The number of carbonyl (C=O) groups excluding carboxylic acids is 2. The van der Waals surface area contributed by atoms with Crippen LogP contribution < -0.4 is 22.1 Å². The summed E-state index contributed by atoms with van der Waals surface area (Å²) in [6.45, 7) is -0.0102. The number of anilines is 2. The molecule has 8 N–H and O–H groups in total. The molecule has 1 aliphatic carbocycles. The van der Waals surface area contributed by atoms with E-state index in [2.05, 4.69) is 25.8 Å². The minimum atomic E-state index is -5.08. The van der Waals surface area contributed by atoms with E-state index in [1.165, 1.54) is 15.4 Å². The highest BCUT2D eigenvalue weighted by molar-refractivity contribution is 6.07. The van der Waals surface area contributed by atoms with Crippen LogP contribution in [0.15, 0.2) is 24.5 Å². The lowest BCUT2D eigenvalue weighted by Gasteiger charge is -2.29. The molecule has 1 aliphatic rings. The second-order valence-corrected chi connectivity index (χ2v) is 8.34. The van der Waals surface area contributed by atoms with Gasteiger partial charge in [-0.05, 0) is 25.0 Å². The van der Waals surface area contributed by atoms with Gasteiger partial charge in [0.1, 0.15) is 5.69 Å². The van der Waals surface area contributed by atoms with Crippen LogP contribution in [0, 0.1) is 0 Å². The molecular formula is C21H26F3N9O5. The number of carbonyl (C=O) groups is 3. The highest BCUT2D eigenvalue weighted by Gasteiger charge is 2.38. The number of rotatable bonds is 7. The molecule has 3 heterocycles. The molecule has 0 bridgehead atoms. The molecule has 0 aromatic carbocycles. The van der Waals surface area contributed by atoms with Crippen LogP contribution >= 0.6 is 0 Å². The number of primary amides is 1. The third kappa shape index (κ3) is 6.94. The molecule has 0 spiro atoms. The van der Waals surface area contributed by atoms with Crippen LogP contribution in [-0.2, 0) is 11.3 Å². The quantitative estimate of drug-likeness (QED) is 0.245. The molecule has 4 rings (SSSR count). The number of nitrogens with two attached hydrogens (primary N) is 2. The van der Waals surface area contributed by atoms with E-state index in [-0.39, 0.29) is 42.3 Å². The molecule has 0 aliphatic heterocycles. The average Bonchev–Trinajstić information content (AvgIpc) is 3.44. The van der Waals surface area contributed by atoms with Gasteiger partial charge in [-0.15, -0.1) is 5.10 Å². The number of alkyl halides is 3. The summed E-state index contributed by atoms with van der Waals surface area (Å²) >= 11 is 0. The van der Waals surface area contributed by atoms with Gasteiger partial charge in [0.2, 0.25) is 5.95 Å². The fraction of sp³-hybridized carbons (Fsp3) is 0.429. The van der Waals surface area contributed by atoms with Crippen LogP contribution in [0.5, 0.6) is 0 Å². The number of nitrogens with one attached hydrogen (secondary N) is 2. The number of carboxylic acids is 1. The normalized spacial score (nSPS) is 17.4. The van der Waals surface area contributed by atoms with Crippen LogP contribution in [0.2, 0.25) is 0 Å². The SMILES string of the molecule is NC(=O)c1nn(CCO)cc1NC(=O)c1ccc2cnc(NC3CCCCC3N)nn12.O=C(O)C(F)(F)F. The van der Waals surface area contributed by atoms with E-state index in [0.717, 1.165) is 25.7 Å². The fourth-order valence-corrected chi connectivity index (χ4v) is 3.74. The number of hydrogen-bond donors (Lipinski definition) is 6. The van der Waals surface area contributed by atoms with Gasteiger partial charge in [-0.3, -0.25) is 14.3 Å². The van der Waals surface area contributed by atoms with Crippen molar-refractivity contribution in [2.45, 2.75) is 50.5 Å². The summed E-state index contributed by atoms with van der Waals surface area (Å²) in [6, 6.07) is 3.44. The first-order valence-electron chi connectivity index (χ1n) is 11.4. The zero-order valence-electron chi connectivity index (χ0n) is 19.9. The molecular weight excluding hydrogens is 515 g/mol. The average molecular weight is 541 g/mol. The van der Waals surface area contributed by atoms with Gasteiger partial charge in [-0.1, -0.05) is 12.8 Å². The molecule has 1 fully saturated rings. The van der Waals surface area contributed by atoms with Crippen LogP contribution in [-0.4, -0.2) is 77.2 Å². The Morgan fingerprint density at radius 1 is 1.16 bits per heavy atom. The maximum atomic E-state index is 12.9. The lowest BCUT2D eigenvalue weighted by atomic mass is 9.91. The van der Waals surface area contributed by atoms with Crippen LogP contribution in [0.3, 0.4) is 0 Å². The summed E-state index contributed by atoms with van der Waals surface area (Å²) in [5.41, 5.74) is 12.5. The predicted octanol–water partition coefficient (Wildman–Crippen LogP) is 0.584. The second-order valence-electron chi connectivity index (χ2n) is 8.34. The summed E-state index contributed by atoms with van der Waals surface area (Å²) in [4.78, 5) is 37.8. The predicted molar refractivity (Wildman–Crippen MR) is 126 cm³/mol. The van der Waals surface area contributed by atoms with Gasteiger partial charge in [0.15, 0.2) is 5.69 Å². The van der Waals surface area contributed by atoms with E-state index in [4.69, 9.17) is 26.5 Å². The van der Waals surface area contributed by atoms with Gasteiger partial charge in [0, 0.05) is 18.3 Å². The van der Waals surface area contributed by atoms with Crippen molar-refractivity contribution in [1.82, 2.24) is 24.4 Å². The molecule has 1 saturated carbocycles. The van der Waals surface area contributed by atoms with Crippen molar-refractivity contribution in [2.24, 2.45) is 11.5 Å². The fourth-order valence-electron chi connectivity index (χ4n) is 3.74. The number of hydrogen-bond acceptors (Lipinski definition) is 9. The van der Waals surface area contributed by atoms with Gasteiger partial charge < -0.3 is 32.3 Å². The number of nitrogens with zero attached hydrogens (tertiary/aromatic N) is 5. The van der Waals surface area contributed by atoms with Crippen molar-refractivity contribution in [3.05, 3.63) is 35.9 Å². The first-order valence-corrected chi connectivity index (χ1v) is 11.4. The number of halogens is 3. The highest BCUT2D eigenvalue weighted by atomic mass is 19.4. The van der Waals surface area contributed by atoms with E-state index in [1.807, 2.05) is 0 Å². The Labute approximate surface area is 212 Å². The maximum absolute atomic E-state index is 12.9. The van der Waals surface area contributed by atoms with Gasteiger partial charge in [0.25, 0.3) is 11.8 Å². The van der Waals surface area contributed by atoms with Crippen molar-refractivity contribution in [1.29, 1.82) is 0 Å². The molecule has 17 heteroatoms. The number of aliphatic hydroxyl groups is 1. The molecule has 2 atom stereocenters. The van der Waals surface area contributed by atoms with Crippen molar-refractivity contribution >= 4 is 34.9 Å². The highest BCUT2D eigenvalue weighted by Crippen LogP contribution is 2.21. The third-order valence-corrected chi connectivity index (χ3v) is 5.58. The number of amides is 2. The molecule has 3 aromatic heterocycles. The van der Waals surface area contributed by atoms with E-state index < -0.39 is 24.0 Å². The minimum absolute atomic E-state index is 0.0307. The minimum Gasteiger partial charge on any atom is -0.475 e. The zero-order chi connectivity index (χ0) is 28.0. The second kappa shape index (κ2) is 11.9. The third-order valence-electron chi connectivity index (χ3n) is 5.58. The number of aliphatic carboxylic acids is 1. The number of aliphatic hydroxyl groups excluding tert-OH is 1. The number of carboxylic acid groups (broad SMARTS) is 1. The Bertz CT molecular complexity index is 1310. The molecule has 2 amide bonds. The molecule has 2 unspecified atom stereocenters. The Morgan fingerprint density at radius 2 is 1.84 bits per heavy atom. The monoisotopic (exact) mass is 541 g/mol. The Kier molecular flexibility index (Phi) is 8.84. The largest absolute Gasteiger partial charge is 0.490 e. The molecule has 0 radical (unpaired) electrons. The molecule has 38 heavy (non-hydrogen) atoms. The summed E-state index contributed by atoms with van der Waals surface area (Å²) in [5, 5.41) is 30.6. The van der Waals surface area contributed by atoms with Crippen LogP contribution in [0.1, 0.15) is 46.7 Å². The summed E-state index contributed by atoms with van der Waals surface area (Å²) in [5.74, 6) is -3.66. The lowest BCUT2D eigenvalue weighted by molar-refractivity contribution is -0.192. The van der Waals surface area contributed by atoms with E-state index >= 15 is 0 Å². The van der Waals surface area contributed by atoms with E-state index in [1.54, 1.807) is 18.3 Å². The van der Waals surface area contributed by atoms with Crippen molar-refractivity contribution in [3.63, 3.8) is 0 Å². The summed E-state index contributed by atoms with van der Waals surface area (Å²) in [6.07, 6.45) is 2.07. The molecule has 3 aromatic rings. The molecule has 206 valence electrons. The summed E-state index contributed by atoms with van der Waals surface area (Å²) < 4.78 is 34.5. The van der Waals surface area contributed by atoms with Crippen molar-refractivity contribution < 1.29 is 37.8 Å². The first kappa shape index (κ1) is 28.3. The Balaban J connectivity index is 0.000000505. The first-order chi connectivity index (χ1) is 17.9.